The molecule has 1 aromatic rings. The Hall–Kier alpha value is -0.810. The normalized spacial score (nSPS) is 10.8. The smallest absolute Gasteiger partial charge is 0.255 e. The molecule has 1 heterocycles. The van der Waals surface area contributed by atoms with E-state index in [1.165, 1.54) is 6.26 Å². The van der Waals surface area contributed by atoms with Crippen molar-refractivity contribution in [1.82, 2.24) is 10.2 Å². The number of hydrogen-bond donors (Lipinski definition) is 1. The number of rotatable bonds is 6. The molecule has 16 heavy (non-hydrogen) atoms. The predicted molar refractivity (Wildman–Crippen MR) is 66.5 cm³/mol. The molecular formula is C11H17BrN2O2. The summed E-state index contributed by atoms with van der Waals surface area (Å²) in [7, 11) is 0. The summed E-state index contributed by atoms with van der Waals surface area (Å²) in [5.41, 5.74) is 0.541. The molecule has 0 unspecified atom stereocenters. The first-order valence-corrected chi connectivity index (χ1v) is 6.21. The lowest BCUT2D eigenvalue weighted by Crippen LogP contribution is -2.34. The molecule has 1 aromatic heterocycles. The highest BCUT2D eigenvalue weighted by atomic mass is 79.9. The average molecular weight is 289 g/mol. The zero-order chi connectivity index (χ0) is 12.0. The Bertz CT molecular complexity index is 334. The third-order valence-electron chi connectivity index (χ3n) is 2.47. The largest absolute Gasteiger partial charge is 0.457 e. The molecule has 0 aliphatic carbocycles. The van der Waals surface area contributed by atoms with Crippen LogP contribution >= 0.6 is 15.9 Å². The van der Waals surface area contributed by atoms with Crippen LogP contribution in [0.5, 0.6) is 0 Å². The molecule has 1 amide bonds. The number of carbonyl (C=O) groups excluding carboxylic acids is 1. The number of furan rings is 1. The van der Waals surface area contributed by atoms with Gasteiger partial charge in [0.25, 0.3) is 5.91 Å². The summed E-state index contributed by atoms with van der Waals surface area (Å²) in [6.45, 7) is 7.74. The van der Waals surface area contributed by atoms with E-state index in [-0.39, 0.29) is 5.91 Å². The van der Waals surface area contributed by atoms with Crippen LogP contribution in [0.1, 0.15) is 24.2 Å². The van der Waals surface area contributed by atoms with E-state index in [2.05, 4.69) is 40.0 Å². The van der Waals surface area contributed by atoms with E-state index < -0.39 is 0 Å². The fourth-order valence-electron chi connectivity index (χ4n) is 1.42. The maximum absolute atomic E-state index is 11.7. The van der Waals surface area contributed by atoms with Gasteiger partial charge in [0.05, 0.1) is 11.8 Å². The van der Waals surface area contributed by atoms with E-state index in [1.807, 2.05) is 0 Å². The highest BCUT2D eigenvalue weighted by Gasteiger charge is 2.11. The zero-order valence-corrected chi connectivity index (χ0v) is 11.2. The van der Waals surface area contributed by atoms with Crippen LogP contribution in [0.2, 0.25) is 0 Å². The Morgan fingerprint density at radius 1 is 1.50 bits per heavy atom. The molecule has 1 N–H and O–H groups in total. The molecule has 0 fully saturated rings. The molecular weight excluding hydrogens is 272 g/mol. The topological polar surface area (TPSA) is 45.5 Å². The monoisotopic (exact) mass is 288 g/mol. The predicted octanol–water partition coefficient (Wildman–Crippen LogP) is 2.11. The lowest BCUT2D eigenvalue weighted by molar-refractivity contribution is 0.0947. The quantitative estimate of drug-likeness (QED) is 0.872. The Labute approximate surface area is 104 Å². The van der Waals surface area contributed by atoms with Crippen LogP contribution in [-0.4, -0.2) is 37.0 Å². The fraction of sp³-hybridized carbons (Fsp3) is 0.545. The van der Waals surface area contributed by atoms with Gasteiger partial charge < -0.3 is 14.6 Å². The summed E-state index contributed by atoms with van der Waals surface area (Å²) in [6.07, 6.45) is 1.49. The summed E-state index contributed by atoms with van der Waals surface area (Å²) in [4.78, 5) is 13.9. The lowest BCUT2D eigenvalue weighted by atomic mass is 10.3. The van der Waals surface area contributed by atoms with Crippen LogP contribution in [0.25, 0.3) is 0 Å². The first-order chi connectivity index (χ1) is 7.69. The zero-order valence-electron chi connectivity index (χ0n) is 9.62. The minimum atomic E-state index is -0.104. The van der Waals surface area contributed by atoms with Gasteiger partial charge in [0.1, 0.15) is 0 Å². The third-order valence-corrected chi connectivity index (χ3v) is 3.08. The molecule has 0 radical (unpaired) electrons. The molecule has 0 spiro atoms. The molecule has 0 aliphatic heterocycles. The first kappa shape index (κ1) is 13.3. The fourth-order valence-corrected chi connectivity index (χ4v) is 1.84. The van der Waals surface area contributed by atoms with Gasteiger partial charge in [-0.1, -0.05) is 13.8 Å². The third kappa shape index (κ3) is 3.64. The molecule has 0 saturated carbocycles. The van der Waals surface area contributed by atoms with E-state index in [9.17, 15) is 4.79 Å². The van der Waals surface area contributed by atoms with E-state index in [1.54, 1.807) is 6.07 Å². The molecule has 90 valence electrons. The molecule has 5 heteroatoms. The van der Waals surface area contributed by atoms with Gasteiger partial charge in [-0.25, -0.2) is 0 Å². The number of halogens is 1. The molecule has 0 saturated heterocycles. The van der Waals surface area contributed by atoms with Crippen LogP contribution in [0.4, 0.5) is 0 Å². The number of nitrogens with zero attached hydrogens (tertiary/aromatic N) is 1. The molecule has 0 aromatic carbocycles. The minimum absolute atomic E-state index is 0.104. The van der Waals surface area contributed by atoms with E-state index in [0.29, 0.717) is 16.8 Å². The summed E-state index contributed by atoms with van der Waals surface area (Å²) < 4.78 is 5.48. The van der Waals surface area contributed by atoms with Crippen molar-refractivity contribution in [3.63, 3.8) is 0 Å². The van der Waals surface area contributed by atoms with Crippen LogP contribution in [0, 0.1) is 0 Å². The number of carbonyl (C=O) groups is 1. The molecule has 0 bridgehead atoms. The molecule has 1 rings (SSSR count). The maximum atomic E-state index is 11.7. The van der Waals surface area contributed by atoms with Crippen LogP contribution in [0.15, 0.2) is 21.4 Å². The summed E-state index contributed by atoms with van der Waals surface area (Å²) in [5, 5.41) is 2.85. The van der Waals surface area contributed by atoms with Crippen molar-refractivity contribution < 1.29 is 9.21 Å². The number of amides is 1. The van der Waals surface area contributed by atoms with Gasteiger partial charge in [0.2, 0.25) is 0 Å². The van der Waals surface area contributed by atoms with Gasteiger partial charge in [0.15, 0.2) is 4.67 Å². The second-order valence-corrected chi connectivity index (χ2v) is 4.11. The van der Waals surface area contributed by atoms with Crippen molar-refractivity contribution in [2.75, 3.05) is 26.2 Å². The average Bonchev–Trinajstić information content (AvgIpc) is 2.70. The highest BCUT2D eigenvalue weighted by Crippen LogP contribution is 2.16. The van der Waals surface area contributed by atoms with E-state index >= 15 is 0 Å². The van der Waals surface area contributed by atoms with Crippen molar-refractivity contribution in [2.45, 2.75) is 13.8 Å². The Balaban J connectivity index is 2.34. The summed E-state index contributed by atoms with van der Waals surface area (Å²) >= 11 is 3.18. The number of nitrogens with one attached hydrogen (secondary N) is 1. The molecule has 0 atom stereocenters. The lowest BCUT2D eigenvalue weighted by Gasteiger charge is -2.17. The van der Waals surface area contributed by atoms with Crippen LogP contribution < -0.4 is 5.32 Å². The first-order valence-electron chi connectivity index (χ1n) is 5.42. The number of hydrogen-bond acceptors (Lipinski definition) is 3. The van der Waals surface area contributed by atoms with E-state index in [0.717, 1.165) is 19.6 Å². The Morgan fingerprint density at radius 3 is 2.69 bits per heavy atom. The standard InChI is InChI=1S/C11H17BrN2O2/c1-3-14(4-2)7-6-13-11(15)9-5-8-16-10(9)12/h5,8H,3-4,6-7H2,1-2H3,(H,13,15). The second-order valence-electron chi connectivity index (χ2n) is 3.39. The van der Waals surface area contributed by atoms with Crippen LogP contribution in [0.3, 0.4) is 0 Å². The van der Waals surface area contributed by atoms with Crippen molar-refractivity contribution >= 4 is 21.8 Å². The summed E-state index contributed by atoms with van der Waals surface area (Å²) in [5.74, 6) is -0.104. The van der Waals surface area contributed by atoms with Crippen molar-refractivity contribution in [3.8, 4) is 0 Å². The van der Waals surface area contributed by atoms with Gasteiger partial charge in [-0.3, -0.25) is 4.79 Å². The van der Waals surface area contributed by atoms with Gasteiger partial charge in [-0.15, -0.1) is 0 Å². The maximum Gasteiger partial charge on any atom is 0.255 e. The highest BCUT2D eigenvalue weighted by molar-refractivity contribution is 9.10. The van der Waals surface area contributed by atoms with Crippen molar-refractivity contribution in [3.05, 3.63) is 22.6 Å². The molecule has 4 nitrogen and oxygen atoms in total. The van der Waals surface area contributed by atoms with Gasteiger partial charge in [-0.05, 0) is 35.1 Å². The van der Waals surface area contributed by atoms with Gasteiger partial charge in [-0.2, -0.15) is 0 Å². The Morgan fingerprint density at radius 2 is 2.19 bits per heavy atom. The SMILES string of the molecule is CCN(CC)CCNC(=O)c1ccoc1Br. The van der Waals surface area contributed by atoms with Crippen molar-refractivity contribution in [1.29, 1.82) is 0 Å². The number of likely N-dealkylation sites (N-methyl/N-ethyl adjacent to an activating group) is 1. The molecule has 0 aliphatic rings. The van der Waals surface area contributed by atoms with E-state index in [4.69, 9.17) is 4.42 Å². The van der Waals surface area contributed by atoms with Gasteiger partial charge in [0, 0.05) is 13.1 Å². The minimum Gasteiger partial charge on any atom is -0.457 e. The Kier molecular flexibility index (Phi) is 5.55. The summed E-state index contributed by atoms with van der Waals surface area (Å²) in [6, 6.07) is 1.65. The van der Waals surface area contributed by atoms with Crippen LogP contribution in [-0.2, 0) is 0 Å². The second kappa shape index (κ2) is 6.70. The van der Waals surface area contributed by atoms with Crippen molar-refractivity contribution in [2.24, 2.45) is 0 Å². The van der Waals surface area contributed by atoms with Gasteiger partial charge >= 0.3 is 0 Å².